The van der Waals surface area contributed by atoms with Crippen LogP contribution in [0.25, 0.3) is 21.9 Å². The van der Waals surface area contributed by atoms with E-state index in [1.807, 2.05) is 37.4 Å². The molecule has 1 aliphatic rings. The van der Waals surface area contributed by atoms with Crippen LogP contribution in [0.15, 0.2) is 51.8 Å². The molecule has 2 heterocycles. The van der Waals surface area contributed by atoms with E-state index in [-0.39, 0.29) is 12.0 Å². The van der Waals surface area contributed by atoms with Gasteiger partial charge in [0.2, 0.25) is 0 Å². The average Bonchev–Trinajstić information content (AvgIpc) is 3.45. The van der Waals surface area contributed by atoms with Crippen molar-refractivity contribution in [3.8, 4) is 5.75 Å². The molecular formula is C29H30N2O6. The number of carbonyl (C=O) groups excluding carboxylic acids is 2. The lowest BCUT2D eigenvalue weighted by Gasteiger charge is -2.23. The van der Waals surface area contributed by atoms with Gasteiger partial charge in [0.15, 0.2) is 0 Å². The monoisotopic (exact) mass is 502 g/mol. The maximum atomic E-state index is 13.6. The van der Waals surface area contributed by atoms with Crippen LogP contribution >= 0.6 is 0 Å². The van der Waals surface area contributed by atoms with Gasteiger partial charge in [-0.15, -0.1) is 0 Å². The van der Waals surface area contributed by atoms with E-state index in [0.717, 1.165) is 34.0 Å². The minimum absolute atomic E-state index is 0.193. The highest BCUT2D eigenvalue weighted by Crippen LogP contribution is 2.35. The number of para-hydroxylation sites is 1. The van der Waals surface area contributed by atoms with E-state index < -0.39 is 23.7 Å². The standard InChI is InChI=1S/C29H30N2O6/c1-16-12-23-25(19-9-7-10-20(19)26(32)35-23)24(13-16)36-27(33)22(31-28(34)37-29(2,3)4)14-17-15-30-21-11-6-5-8-18(17)21/h5-6,8,11-13,15,22,30H,7,9-10,14H2,1-4H3,(H,31,34). The Kier molecular flexibility index (Phi) is 6.27. The fraction of sp³-hybridized carbons (Fsp3) is 0.345. The third kappa shape index (κ3) is 5.09. The van der Waals surface area contributed by atoms with Gasteiger partial charge in [-0.2, -0.15) is 0 Å². The smallest absolute Gasteiger partial charge is 0.408 e. The highest BCUT2D eigenvalue weighted by atomic mass is 16.6. The first kappa shape index (κ1) is 24.6. The number of ether oxygens (including phenoxy) is 2. The van der Waals surface area contributed by atoms with Crippen LogP contribution in [0.3, 0.4) is 0 Å². The molecule has 0 bridgehead atoms. The van der Waals surface area contributed by atoms with Crippen LogP contribution in [0, 0.1) is 6.92 Å². The predicted molar refractivity (Wildman–Crippen MR) is 140 cm³/mol. The van der Waals surface area contributed by atoms with Crippen molar-refractivity contribution < 1.29 is 23.5 Å². The summed E-state index contributed by atoms with van der Waals surface area (Å²) in [6.45, 7) is 7.11. The van der Waals surface area contributed by atoms with Gasteiger partial charge in [-0.1, -0.05) is 18.2 Å². The van der Waals surface area contributed by atoms with Crippen molar-refractivity contribution >= 4 is 33.9 Å². The zero-order valence-corrected chi connectivity index (χ0v) is 21.4. The lowest BCUT2D eigenvalue weighted by atomic mass is 10.0. The molecule has 0 fully saturated rings. The molecule has 4 aromatic rings. The van der Waals surface area contributed by atoms with Crippen LogP contribution in [-0.2, 0) is 28.8 Å². The molecule has 2 N–H and O–H groups in total. The number of benzene rings is 2. The predicted octanol–water partition coefficient (Wildman–Crippen LogP) is 5.11. The summed E-state index contributed by atoms with van der Waals surface area (Å²) in [4.78, 5) is 41.9. The van der Waals surface area contributed by atoms with Crippen molar-refractivity contribution in [3.05, 3.63) is 75.3 Å². The van der Waals surface area contributed by atoms with Crippen LogP contribution in [0.1, 0.15) is 49.4 Å². The molecule has 8 nitrogen and oxygen atoms in total. The Morgan fingerprint density at radius 3 is 2.68 bits per heavy atom. The van der Waals surface area contributed by atoms with Crippen molar-refractivity contribution in [1.82, 2.24) is 10.3 Å². The van der Waals surface area contributed by atoms with Gasteiger partial charge >= 0.3 is 17.7 Å². The van der Waals surface area contributed by atoms with Gasteiger partial charge in [0.1, 0.15) is 23.0 Å². The molecule has 37 heavy (non-hydrogen) atoms. The first-order valence-electron chi connectivity index (χ1n) is 12.4. The van der Waals surface area contributed by atoms with Gasteiger partial charge in [0.05, 0.1) is 5.39 Å². The van der Waals surface area contributed by atoms with Gasteiger partial charge < -0.3 is 24.2 Å². The Morgan fingerprint density at radius 1 is 1.14 bits per heavy atom. The number of aromatic amines is 1. The number of rotatable bonds is 5. The van der Waals surface area contributed by atoms with Crippen LogP contribution in [-0.4, -0.2) is 28.7 Å². The Balaban J connectivity index is 1.50. The van der Waals surface area contributed by atoms with E-state index in [0.29, 0.717) is 35.1 Å². The van der Waals surface area contributed by atoms with Crippen LogP contribution < -0.4 is 15.7 Å². The number of fused-ring (bicyclic) bond motifs is 4. The Labute approximate surface area is 214 Å². The largest absolute Gasteiger partial charge is 0.444 e. The van der Waals surface area contributed by atoms with Crippen molar-refractivity contribution in [2.75, 3.05) is 0 Å². The molecule has 8 heteroatoms. The number of aryl methyl sites for hydroxylation is 2. The van der Waals surface area contributed by atoms with Crippen LogP contribution in [0.2, 0.25) is 0 Å². The summed E-state index contributed by atoms with van der Waals surface area (Å²) in [6, 6.07) is 10.3. The summed E-state index contributed by atoms with van der Waals surface area (Å²) in [7, 11) is 0. The third-order valence-corrected chi connectivity index (χ3v) is 6.46. The maximum absolute atomic E-state index is 13.6. The van der Waals surface area contributed by atoms with Crippen molar-refractivity contribution in [2.45, 2.75) is 65.0 Å². The van der Waals surface area contributed by atoms with E-state index in [9.17, 15) is 14.4 Å². The Bertz CT molecular complexity index is 1570. The van der Waals surface area contributed by atoms with Gasteiger partial charge in [0.25, 0.3) is 0 Å². The molecule has 0 saturated heterocycles. The molecule has 0 radical (unpaired) electrons. The van der Waals surface area contributed by atoms with Crippen molar-refractivity contribution in [2.24, 2.45) is 0 Å². The van der Waals surface area contributed by atoms with Gasteiger partial charge in [0, 0.05) is 29.1 Å². The van der Waals surface area contributed by atoms with Gasteiger partial charge in [-0.3, -0.25) is 0 Å². The lowest BCUT2D eigenvalue weighted by molar-refractivity contribution is -0.136. The van der Waals surface area contributed by atoms with E-state index in [2.05, 4.69) is 10.3 Å². The van der Waals surface area contributed by atoms with Gasteiger partial charge in [-0.05, 0) is 81.8 Å². The van der Waals surface area contributed by atoms with Crippen LogP contribution in [0.4, 0.5) is 4.79 Å². The molecule has 2 aromatic carbocycles. The normalized spacial score (nSPS) is 13.9. The summed E-state index contributed by atoms with van der Waals surface area (Å²) < 4.78 is 16.9. The number of esters is 1. The minimum atomic E-state index is -1.02. The van der Waals surface area contributed by atoms with E-state index in [1.54, 1.807) is 32.9 Å². The Morgan fingerprint density at radius 2 is 1.89 bits per heavy atom. The highest BCUT2D eigenvalue weighted by Gasteiger charge is 2.29. The first-order chi connectivity index (χ1) is 17.6. The molecule has 2 aromatic heterocycles. The fourth-order valence-electron chi connectivity index (χ4n) is 4.93. The number of carbonyl (C=O) groups is 2. The summed E-state index contributed by atoms with van der Waals surface area (Å²) in [5.41, 5.74) is 3.38. The van der Waals surface area contributed by atoms with Crippen molar-refractivity contribution in [3.63, 3.8) is 0 Å². The molecule has 1 unspecified atom stereocenters. The summed E-state index contributed by atoms with van der Waals surface area (Å²) >= 11 is 0. The number of aromatic nitrogens is 1. The zero-order valence-electron chi connectivity index (χ0n) is 21.4. The van der Waals surface area contributed by atoms with Crippen molar-refractivity contribution in [1.29, 1.82) is 0 Å². The molecule has 1 amide bonds. The number of hydrogen-bond donors (Lipinski definition) is 2. The Hall–Kier alpha value is -4.07. The molecule has 0 spiro atoms. The molecular weight excluding hydrogens is 472 g/mol. The molecule has 1 atom stereocenters. The second kappa shape index (κ2) is 9.42. The molecule has 5 rings (SSSR count). The molecule has 0 saturated carbocycles. The van der Waals surface area contributed by atoms with E-state index in [4.69, 9.17) is 13.9 Å². The molecule has 192 valence electrons. The number of amides is 1. The number of nitrogens with one attached hydrogen (secondary N) is 2. The minimum Gasteiger partial charge on any atom is -0.444 e. The van der Waals surface area contributed by atoms with Gasteiger partial charge in [-0.25, -0.2) is 14.4 Å². The maximum Gasteiger partial charge on any atom is 0.408 e. The van der Waals surface area contributed by atoms with E-state index in [1.165, 1.54) is 0 Å². The molecule has 0 aliphatic heterocycles. The quantitative estimate of drug-likeness (QED) is 0.223. The topological polar surface area (TPSA) is 111 Å². The first-order valence-corrected chi connectivity index (χ1v) is 12.4. The number of hydrogen-bond acceptors (Lipinski definition) is 6. The SMILES string of the molecule is Cc1cc(OC(=O)C(Cc2c[nH]c3ccccc23)NC(=O)OC(C)(C)C)c2c3c(c(=O)oc2c1)CCC3. The third-order valence-electron chi connectivity index (χ3n) is 6.46. The average molecular weight is 503 g/mol. The zero-order chi connectivity index (χ0) is 26.3. The fourth-order valence-corrected chi connectivity index (χ4v) is 4.93. The summed E-state index contributed by atoms with van der Waals surface area (Å²) in [5.74, 6) is -0.321. The highest BCUT2D eigenvalue weighted by molar-refractivity contribution is 5.93. The summed E-state index contributed by atoms with van der Waals surface area (Å²) in [6.07, 6.45) is 3.49. The number of H-pyrrole nitrogens is 1. The molecule has 1 aliphatic carbocycles. The number of alkyl carbamates (subject to hydrolysis) is 1. The summed E-state index contributed by atoms with van der Waals surface area (Å²) in [5, 5.41) is 4.28. The second-order valence-corrected chi connectivity index (χ2v) is 10.5. The lowest BCUT2D eigenvalue weighted by Crippen LogP contribution is -2.46. The second-order valence-electron chi connectivity index (χ2n) is 10.5. The van der Waals surface area contributed by atoms with E-state index >= 15 is 0 Å². The van der Waals surface area contributed by atoms with Crippen LogP contribution in [0.5, 0.6) is 5.75 Å².